The topological polar surface area (TPSA) is 54.7 Å². The molecule has 0 aliphatic rings. The van der Waals surface area contributed by atoms with Crippen molar-refractivity contribution in [3.63, 3.8) is 0 Å². The van der Waals surface area contributed by atoms with Gasteiger partial charge in [0.25, 0.3) is 0 Å². The second kappa shape index (κ2) is 4.45. The van der Waals surface area contributed by atoms with Crippen molar-refractivity contribution in [3.05, 3.63) is 23.8 Å². The van der Waals surface area contributed by atoms with Crippen molar-refractivity contribution >= 4 is 0 Å². The zero-order valence-electron chi connectivity index (χ0n) is 7.70. The first-order valence-electron chi connectivity index (χ1n) is 3.86. The van der Waals surface area contributed by atoms with E-state index in [1.54, 1.807) is 20.3 Å². The summed E-state index contributed by atoms with van der Waals surface area (Å²) in [6.07, 6.45) is 0. The highest BCUT2D eigenvalue weighted by molar-refractivity contribution is 5.40. The molecule has 0 aromatic heterocycles. The van der Waals surface area contributed by atoms with Crippen molar-refractivity contribution in [1.29, 1.82) is 5.53 Å². The molecule has 0 bridgehead atoms. The maximum Gasteiger partial charge on any atom is 0.127 e. The SMILES string of the molecule is COc1ccc(CN=N)c(OC)c1. The summed E-state index contributed by atoms with van der Waals surface area (Å²) < 4.78 is 10.1. The van der Waals surface area contributed by atoms with Gasteiger partial charge in [0.15, 0.2) is 0 Å². The number of ether oxygens (including phenoxy) is 2. The normalized spacial score (nSPS) is 9.38. The predicted octanol–water partition coefficient (Wildman–Crippen LogP) is 2.23. The van der Waals surface area contributed by atoms with Crippen molar-refractivity contribution in [2.75, 3.05) is 14.2 Å². The number of hydrogen-bond acceptors (Lipinski definition) is 4. The van der Waals surface area contributed by atoms with E-state index < -0.39 is 0 Å². The van der Waals surface area contributed by atoms with Crippen LogP contribution in [0.3, 0.4) is 0 Å². The highest BCUT2D eigenvalue weighted by Gasteiger charge is 2.03. The van der Waals surface area contributed by atoms with Crippen molar-refractivity contribution in [3.8, 4) is 11.5 Å². The molecule has 4 heteroatoms. The van der Waals surface area contributed by atoms with Gasteiger partial charge in [-0.1, -0.05) is 0 Å². The fourth-order valence-electron chi connectivity index (χ4n) is 1.07. The van der Waals surface area contributed by atoms with Gasteiger partial charge in [-0.3, -0.25) is 0 Å². The number of nitrogens with one attached hydrogen (secondary N) is 1. The summed E-state index contributed by atoms with van der Waals surface area (Å²) in [7, 11) is 3.19. The van der Waals surface area contributed by atoms with E-state index in [9.17, 15) is 0 Å². The van der Waals surface area contributed by atoms with E-state index >= 15 is 0 Å². The van der Waals surface area contributed by atoms with Gasteiger partial charge in [-0.2, -0.15) is 5.11 Å². The first-order chi connectivity index (χ1) is 6.31. The Kier molecular flexibility index (Phi) is 3.25. The molecule has 0 amide bonds. The minimum atomic E-state index is 0.340. The second-order valence-corrected chi connectivity index (χ2v) is 2.49. The predicted molar refractivity (Wildman–Crippen MR) is 48.4 cm³/mol. The summed E-state index contributed by atoms with van der Waals surface area (Å²) in [5.41, 5.74) is 7.64. The van der Waals surface area contributed by atoms with Gasteiger partial charge >= 0.3 is 0 Å². The number of nitrogens with zero attached hydrogens (tertiary/aromatic N) is 1. The summed E-state index contributed by atoms with van der Waals surface area (Å²) in [4.78, 5) is 0. The van der Waals surface area contributed by atoms with Crippen molar-refractivity contribution in [2.24, 2.45) is 5.11 Å². The van der Waals surface area contributed by atoms with E-state index in [1.165, 1.54) is 0 Å². The molecular formula is C9H12N2O2. The Labute approximate surface area is 77.0 Å². The largest absolute Gasteiger partial charge is 0.497 e. The first-order valence-corrected chi connectivity index (χ1v) is 3.86. The Morgan fingerprint density at radius 3 is 2.62 bits per heavy atom. The Morgan fingerprint density at radius 1 is 1.31 bits per heavy atom. The fourth-order valence-corrected chi connectivity index (χ4v) is 1.07. The van der Waals surface area contributed by atoms with E-state index in [4.69, 9.17) is 15.0 Å². The van der Waals surface area contributed by atoms with Gasteiger partial charge in [-0.05, 0) is 12.1 Å². The van der Waals surface area contributed by atoms with Gasteiger partial charge in [-0.15, -0.1) is 0 Å². The lowest BCUT2D eigenvalue weighted by molar-refractivity contribution is 0.391. The molecular weight excluding hydrogens is 168 g/mol. The average molecular weight is 180 g/mol. The lowest BCUT2D eigenvalue weighted by Crippen LogP contribution is -1.92. The summed E-state index contributed by atoms with van der Waals surface area (Å²) in [5.74, 6) is 1.45. The zero-order valence-corrected chi connectivity index (χ0v) is 7.70. The van der Waals surface area contributed by atoms with Crippen LogP contribution in [0.5, 0.6) is 11.5 Å². The van der Waals surface area contributed by atoms with Crippen LogP contribution in [0.1, 0.15) is 5.56 Å². The molecule has 1 N–H and O–H groups in total. The van der Waals surface area contributed by atoms with Crippen molar-refractivity contribution in [2.45, 2.75) is 6.54 Å². The highest BCUT2D eigenvalue weighted by Crippen LogP contribution is 2.24. The quantitative estimate of drug-likeness (QED) is 0.722. The fraction of sp³-hybridized carbons (Fsp3) is 0.333. The van der Waals surface area contributed by atoms with E-state index in [2.05, 4.69) is 5.11 Å². The molecule has 13 heavy (non-hydrogen) atoms. The van der Waals surface area contributed by atoms with Crippen molar-refractivity contribution < 1.29 is 9.47 Å². The van der Waals surface area contributed by atoms with Crippen LogP contribution < -0.4 is 9.47 Å². The molecule has 4 nitrogen and oxygen atoms in total. The molecule has 0 fully saturated rings. The van der Waals surface area contributed by atoms with Crippen LogP contribution in [-0.4, -0.2) is 14.2 Å². The Morgan fingerprint density at radius 2 is 2.08 bits per heavy atom. The summed E-state index contributed by atoms with van der Waals surface area (Å²) in [5, 5.41) is 3.30. The van der Waals surface area contributed by atoms with Gasteiger partial charge in [-0.25, -0.2) is 5.53 Å². The van der Waals surface area contributed by atoms with Crippen molar-refractivity contribution in [1.82, 2.24) is 0 Å². The Hall–Kier alpha value is -1.58. The van der Waals surface area contributed by atoms with Crippen LogP contribution in [-0.2, 0) is 6.54 Å². The molecule has 0 saturated carbocycles. The van der Waals surface area contributed by atoms with Gasteiger partial charge < -0.3 is 9.47 Å². The standard InChI is InChI=1S/C9H12N2O2/c1-12-8-4-3-7(6-11-10)9(5-8)13-2/h3-5,10H,6H2,1-2H3. The number of benzene rings is 1. The molecule has 1 rings (SSSR count). The van der Waals surface area contributed by atoms with E-state index in [-0.39, 0.29) is 0 Å². The molecule has 70 valence electrons. The molecule has 0 aliphatic heterocycles. The lowest BCUT2D eigenvalue weighted by atomic mass is 10.2. The minimum Gasteiger partial charge on any atom is -0.497 e. The molecule has 0 heterocycles. The summed E-state index contributed by atoms with van der Waals surface area (Å²) in [6, 6.07) is 5.44. The second-order valence-electron chi connectivity index (χ2n) is 2.49. The molecule has 0 spiro atoms. The van der Waals surface area contributed by atoms with Crippen LogP contribution >= 0.6 is 0 Å². The van der Waals surface area contributed by atoms with E-state index in [0.29, 0.717) is 12.3 Å². The molecule has 0 saturated heterocycles. The molecule has 0 unspecified atom stereocenters. The maximum atomic E-state index is 6.75. The lowest BCUT2D eigenvalue weighted by Gasteiger charge is -2.07. The number of hydrogen-bond donors (Lipinski definition) is 1. The third-order valence-corrected chi connectivity index (χ3v) is 1.74. The van der Waals surface area contributed by atoms with Crippen LogP contribution in [0.4, 0.5) is 0 Å². The minimum absolute atomic E-state index is 0.340. The van der Waals surface area contributed by atoms with Crippen LogP contribution in [0, 0.1) is 5.53 Å². The van der Waals surface area contributed by atoms with Gasteiger partial charge in [0.05, 0.1) is 20.8 Å². The first kappa shape index (κ1) is 9.51. The Balaban J connectivity index is 3.00. The number of rotatable bonds is 4. The smallest absolute Gasteiger partial charge is 0.127 e. The third kappa shape index (κ3) is 2.18. The Bertz CT molecular complexity index is 300. The number of methoxy groups -OCH3 is 2. The average Bonchev–Trinajstić information content (AvgIpc) is 2.19. The van der Waals surface area contributed by atoms with Crippen LogP contribution in [0.15, 0.2) is 23.3 Å². The summed E-state index contributed by atoms with van der Waals surface area (Å²) in [6.45, 7) is 0.340. The zero-order chi connectivity index (χ0) is 9.68. The van der Waals surface area contributed by atoms with Crippen LogP contribution in [0.25, 0.3) is 0 Å². The molecule has 1 aromatic carbocycles. The van der Waals surface area contributed by atoms with E-state index in [0.717, 1.165) is 11.3 Å². The highest BCUT2D eigenvalue weighted by atomic mass is 16.5. The van der Waals surface area contributed by atoms with Crippen LogP contribution in [0.2, 0.25) is 0 Å². The molecule has 1 aromatic rings. The molecule has 0 atom stereocenters. The van der Waals surface area contributed by atoms with Gasteiger partial charge in [0.2, 0.25) is 0 Å². The molecule has 0 aliphatic carbocycles. The van der Waals surface area contributed by atoms with Gasteiger partial charge in [0.1, 0.15) is 11.5 Å². The monoisotopic (exact) mass is 180 g/mol. The summed E-state index contributed by atoms with van der Waals surface area (Å²) >= 11 is 0. The van der Waals surface area contributed by atoms with E-state index in [1.807, 2.05) is 12.1 Å². The molecule has 0 radical (unpaired) electrons. The van der Waals surface area contributed by atoms with Gasteiger partial charge in [0, 0.05) is 11.6 Å². The third-order valence-electron chi connectivity index (χ3n) is 1.74. The maximum absolute atomic E-state index is 6.75.